The minimum atomic E-state index is 0.529. The van der Waals surface area contributed by atoms with Gasteiger partial charge in [0.2, 0.25) is 0 Å². The van der Waals surface area contributed by atoms with Crippen LogP contribution in [0.25, 0.3) is 0 Å². The van der Waals surface area contributed by atoms with Crippen LogP contribution in [0.1, 0.15) is 53.4 Å². The molecule has 1 aliphatic rings. The summed E-state index contributed by atoms with van der Waals surface area (Å²) >= 11 is 0. The molecule has 0 radical (unpaired) electrons. The quantitative estimate of drug-likeness (QED) is 0.598. The lowest BCUT2D eigenvalue weighted by Gasteiger charge is -2.07. The van der Waals surface area contributed by atoms with Gasteiger partial charge in [-0.05, 0) is 26.2 Å². The molecular formula is C10H22O. The second-order valence-corrected chi connectivity index (χ2v) is 2.93. The maximum atomic E-state index is 5.60. The maximum absolute atomic E-state index is 5.60. The summed E-state index contributed by atoms with van der Waals surface area (Å²) in [4.78, 5) is 0. The summed E-state index contributed by atoms with van der Waals surface area (Å²) in [5, 5.41) is 0. The van der Waals surface area contributed by atoms with Crippen LogP contribution in [0.4, 0.5) is 0 Å². The summed E-state index contributed by atoms with van der Waals surface area (Å²) in [5.74, 6) is 0. The van der Waals surface area contributed by atoms with E-state index in [9.17, 15) is 0 Å². The molecule has 0 saturated carbocycles. The molecule has 0 aliphatic carbocycles. The molecule has 0 aromatic carbocycles. The van der Waals surface area contributed by atoms with E-state index in [1.807, 2.05) is 13.8 Å². The predicted octanol–water partition coefficient (Wildman–Crippen LogP) is 3.38. The highest BCUT2D eigenvalue weighted by Crippen LogP contribution is 2.21. The first-order valence-corrected chi connectivity index (χ1v) is 4.98. The van der Waals surface area contributed by atoms with Gasteiger partial charge >= 0.3 is 0 Å². The normalized spacial score (nSPS) is 29.5. The summed E-state index contributed by atoms with van der Waals surface area (Å²) in [6.07, 6.45) is 6.19. The molecule has 1 fully saturated rings. The molecule has 11 heavy (non-hydrogen) atoms. The van der Waals surface area contributed by atoms with Crippen molar-refractivity contribution in [2.45, 2.75) is 65.6 Å². The smallest absolute Gasteiger partial charge is 0.0579 e. The molecule has 1 nitrogen and oxygen atoms in total. The lowest BCUT2D eigenvalue weighted by atomic mass is 10.1. The highest BCUT2D eigenvalue weighted by Gasteiger charge is 2.19. The Bertz CT molecular complexity index is 78.9. The van der Waals surface area contributed by atoms with Gasteiger partial charge in [0.15, 0.2) is 0 Å². The summed E-state index contributed by atoms with van der Waals surface area (Å²) in [5.41, 5.74) is 0. The van der Waals surface area contributed by atoms with Gasteiger partial charge in [0, 0.05) is 0 Å². The van der Waals surface area contributed by atoms with Gasteiger partial charge < -0.3 is 4.74 Å². The third-order valence-electron chi connectivity index (χ3n) is 1.93. The van der Waals surface area contributed by atoms with Gasteiger partial charge in [-0.1, -0.05) is 27.2 Å². The average molecular weight is 158 g/mol. The van der Waals surface area contributed by atoms with Crippen molar-refractivity contribution in [3.05, 3.63) is 0 Å². The van der Waals surface area contributed by atoms with Crippen LogP contribution in [-0.2, 0) is 4.74 Å². The molecule has 1 heterocycles. The van der Waals surface area contributed by atoms with E-state index in [0.29, 0.717) is 12.2 Å². The van der Waals surface area contributed by atoms with Gasteiger partial charge in [-0.2, -0.15) is 0 Å². The van der Waals surface area contributed by atoms with Gasteiger partial charge in [0.05, 0.1) is 12.2 Å². The molecule has 1 aliphatic heterocycles. The third-order valence-corrected chi connectivity index (χ3v) is 1.93. The van der Waals surface area contributed by atoms with Crippen LogP contribution in [0.2, 0.25) is 0 Å². The van der Waals surface area contributed by atoms with Gasteiger partial charge in [0.25, 0.3) is 0 Å². The van der Waals surface area contributed by atoms with Crippen molar-refractivity contribution in [2.24, 2.45) is 0 Å². The van der Waals surface area contributed by atoms with E-state index in [1.165, 1.54) is 25.7 Å². The van der Waals surface area contributed by atoms with Gasteiger partial charge in [0.1, 0.15) is 0 Å². The lowest BCUT2D eigenvalue weighted by molar-refractivity contribution is 0.0506. The van der Waals surface area contributed by atoms with Crippen molar-refractivity contribution in [2.75, 3.05) is 0 Å². The Hall–Kier alpha value is -0.0400. The molecule has 0 amide bonds. The van der Waals surface area contributed by atoms with E-state index in [0.717, 1.165) is 0 Å². The summed E-state index contributed by atoms with van der Waals surface area (Å²) < 4.78 is 5.60. The molecule has 0 N–H and O–H groups in total. The van der Waals surface area contributed by atoms with Gasteiger partial charge in [-0.3, -0.25) is 0 Å². The Labute approximate surface area is 71.1 Å². The number of hydrogen-bond donors (Lipinski definition) is 0. The van der Waals surface area contributed by atoms with Crippen molar-refractivity contribution < 1.29 is 4.74 Å². The zero-order valence-corrected chi connectivity index (χ0v) is 8.39. The molecule has 68 valence electrons. The van der Waals surface area contributed by atoms with Gasteiger partial charge in [-0.25, -0.2) is 0 Å². The highest BCUT2D eigenvalue weighted by atomic mass is 16.5. The Morgan fingerprint density at radius 3 is 2.27 bits per heavy atom. The second-order valence-electron chi connectivity index (χ2n) is 2.93. The van der Waals surface area contributed by atoms with E-state index in [1.54, 1.807) is 0 Å². The second kappa shape index (κ2) is 6.66. The van der Waals surface area contributed by atoms with Crippen LogP contribution in [-0.4, -0.2) is 12.2 Å². The van der Waals surface area contributed by atoms with Crippen LogP contribution < -0.4 is 0 Å². The summed E-state index contributed by atoms with van der Waals surface area (Å²) in [7, 11) is 0. The summed E-state index contributed by atoms with van der Waals surface area (Å²) in [6.45, 7) is 8.38. The Morgan fingerprint density at radius 2 is 1.91 bits per heavy atom. The fourth-order valence-electron chi connectivity index (χ4n) is 1.42. The van der Waals surface area contributed by atoms with E-state index in [4.69, 9.17) is 4.74 Å². The first-order valence-electron chi connectivity index (χ1n) is 4.98. The molecule has 0 aromatic rings. The van der Waals surface area contributed by atoms with Crippen molar-refractivity contribution in [3.8, 4) is 0 Å². The summed E-state index contributed by atoms with van der Waals surface area (Å²) in [6, 6.07) is 0. The number of hydrogen-bond acceptors (Lipinski definition) is 1. The van der Waals surface area contributed by atoms with Crippen LogP contribution >= 0.6 is 0 Å². The van der Waals surface area contributed by atoms with E-state index in [2.05, 4.69) is 13.8 Å². The first kappa shape index (κ1) is 11.0. The SMILES string of the molecule is CC.CCCC1CCC(C)O1. The van der Waals surface area contributed by atoms with Crippen LogP contribution in [0.3, 0.4) is 0 Å². The zero-order chi connectivity index (χ0) is 8.69. The molecule has 1 heteroatoms. The minimum Gasteiger partial charge on any atom is -0.375 e. The number of ether oxygens (including phenoxy) is 1. The fourth-order valence-corrected chi connectivity index (χ4v) is 1.42. The molecule has 1 saturated heterocycles. The zero-order valence-electron chi connectivity index (χ0n) is 8.39. The Morgan fingerprint density at radius 1 is 1.27 bits per heavy atom. The van der Waals surface area contributed by atoms with Crippen LogP contribution in [0.5, 0.6) is 0 Å². The van der Waals surface area contributed by atoms with E-state index >= 15 is 0 Å². The molecular weight excluding hydrogens is 136 g/mol. The molecule has 2 atom stereocenters. The lowest BCUT2D eigenvalue weighted by Crippen LogP contribution is -2.06. The molecule has 1 rings (SSSR count). The van der Waals surface area contributed by atoms with Crippen LogP contribution in [0.15, 0.2) is 0 Å². The average Bonchev–Trinajstić information content (AvgIpc) is 2.41. The largest absolute Gasteiger partial charge is 0.375 e. The van der Waals surface area contributed by atoms with Crippen molar-refractivity contribution in [3.63, 3.8) is 0 Å². The highest BCUT2D eigenvalue weighted by molar-refractivity contribution is 4.69. The van der Waals surface area contributed by atoms with E-state index in [-0.39, 0.29) is 0 Å². The first-order chi connectivity index (χ1) is 5.33. The molecule has 0 spiro atoms. The predicted molar refractivity (Wildman–Crippen MR) is 49.8 cm³/mol. The van der Waals surface area contributed by atoms with Crippen molar-refractivity contribution in [1.29, 1.82) is 0 Å². The van der Waals surface area contributed by atoms with Crippen molar-refractivity contribution in [1.82, 2.24) is 0 Å². The minimum absolute atomic E-state index is 0.529. The number of rotatable bonds is 2. The fraction of sp³-hybridized carbons (Fsp3) is 1.00. The topological polar surface area (TPSA) is 9.23 Å². The maximum Gasteiger partial charge on any atom is 0.0579 e. The Balaban J connectivity index is 0.000000461. The molecule has 2 unspecified atom stereocenters. The van der Waals surface area contributed by atoms with Crippen molar-refractivity contribution >= 4 is 0 Å². The standard InChI is InChI=1S/C8H16O.C2H6/c1-3-4-8-6-5-7(2)9-8;1-2/h7-8H,3-6H2,1-2H3;1-2H3. The molecule has 0 aromatic heterocycles. The van der Waals surface area contributed by atoms with Crippen LogP contribution in [0, 0.1) is 0 Å². The monoisotopic (exact) mass is 158 g/mol. The molecule has 0 bridgehead atoms. The van der Waals surface area contributed by atoms with E-state index < -0.39 is 0 Å². The third kappa shape index (κ3) is 4.41. The Kier molecular flexibility index (Phi) is 6.63. The van der Waals surface area contributed by atoms with Gasteiger partial charge in [-0.15, -0.1) is 0 Å².